The van der Waals surface area contributed by atoms with E-state index in [2.05, 4.69) is 13.8 Å². The highest BCUT2D eigenvalue weighted by atomic mass is 32.1. The van der Waals surface area contributed by atoms with Crippen molar-refractivity contribution in [3.05, 3.63) is 35.4 Å². The van der Waals surface area contributed by atoms with Gasteiger partial charge in [0.15, 0.2) is 5.78 Å². The van der Waals surface area contributed by atoms with Gasteiger partial charge in [-0.05, 0) is 16.3 Å². The molecule has 1 aromatic carbocycles. The molecule has 0 radical (unpaired) electrons. The Morgan fingerprint density at radius 3 is 2.25 bits per heavy atom. The Labute approximate surface area is 103 Å². The molecule has 0 bridgehead atoms. The van der Waals surface area contributed by atoms with Gasteiger partial charge in [-0.2, -0.15) is 0 Å². The topological polar surface area (TPSA) is 17.1 Å². The summed E-state index contributed by atoms with van der Waals surface area (Å²) in [6, 6.07) is 7.78. The lowest BCUT2D eigenvalue weighted by molar-refractivity contribution is 0.0988. The van der Waals surface area contributed by atoms with Crippen LogP contribution in [0.4, 0.5) is 0 Å². The number of hydrogen-bond donors (Lipinski definition) is 0. The highest BCUT2D eigenvalue weighted by molar-refractivity contribution is 7.80. The molecule has 0 amide bonds. The molecular weight excluding hydrogens is 216 g/mol. The molecular formula is C14H18OS. The maximum absolute atomic E-state index is 11.4. The zero-order valence-electron chi connectivity index (χ0n) is 10.1. The van der Waals surface area contributed by atoms with Crippen molar-refractivity contribution in [1.29, 1.82) is 0 Å². The minimum Gasteiger partial charge on any atom is -0.294 e. The summed E-state index contributed by atoms with van der Waals surface area (Å²) in [5, 5.41) is 0. The highest BCUT2D eigenvalue weighted by Gasteiger charge is 2.06. The van der Waals surface area contributed by atoms with Gasteiger partial charge in [-0.3, -0.25) is 4.79 Å². The summed E-state index contributed by atoms with van der Waals surface area (Å²) in [6.45, 7) is 6.10. The van der Waals surface area contributed by atoms with Crippen LogP contribution in [0.2, 0.25) is 0 Å². The third-order valence-electron chi connectivity index (χ3n) is 2.62. The fourth-order valence-corrected chi connectivity index (χ4v) is 1.58. The molecule has 86 valence electrons. The van der Waals surface area contributed by atoms with Gasteiger partial charge < -0.3 is 0 Å². The molecule has 0 aromatic heterocycles. The van der Waals surface area contributed by atoms with E-state index in [1.54, 1.807) is 0 Å². The van der Waals surface area contributed by atoms with Crippen LogP contribution >= 0.6 is 12.2 Å². The van der Waals surface area contributed by atoms with E-state index in [1.165, 1.54) is 5.56 Å². The second-order valence-electron chi connectivity index (χ2n) is 4.27. The van der Waals surface area contributed by atoms with Crippen LogP contribution in [0.25, 0.3) is 0 Å². The second kappa shape index (κ2) is 5.90. The van der Waals surface area contributed by atoms with Crippen molar-refractivity contribution in [1.82, 2.24) is 0 Å². The molecule has 2 heteroatoms. The monoisotopic (exact) mass is 234 g/mol. The molecule has 0 unspecified atom stereocenters. The molecule has 0 heterocycles. The highest BCUT2D eigenvalue weighted by Crippen LogP contribution is 2.10. The van der Waals surface area contributed by atoms with Gasteiger partial charge in [-0.15, -0.1) is 0 Å². The first-order valence-corrected chi connectivity index (χ1v) is 6.10. The first-order chi connectivity index (χ1) is 7.54. The van der Waals surface area contributed by atoms with E-state index in [4.69, 9.17) is 12.2 Å². The van der Waals surface area contributed by atoms with Crippen LogP contribution in [0.5, 0.6) is 0 Å². The SMILES string of the molecule is CCC(=O)c1ccc(CC(=S)C(C)C)cc1. The first kappa shape index (κ1) is 13.0. The quantitative estimate of drug-likeness (QED) is 0.568. The van der Waals surface area contributed by atoms with Crippen LogP contribution in [-0.2, 0) is 6.42 Å². The van der Waals surface area contributed by atoms with Gasteiger partial charge in [0.2, 0.25) is 0 Å². The molecule has 0 atom stereocenters. The van der Waals surface area contributed by atoms with E-state index < -0.39 is 0 Å². The fourth-order valence-electron chi connectivity index (χ4n) is 1.42. The largest absolute Gasteiger partial charge is 0.294 e. The average molecular weight is 234 g/mol. The van der Waals surface area contributed by atoms with Gasteiger partial charge in [0.05, 0.1) is 0 Å². The van der Waals surface area contributed by atoms with E-state index in [-0.39, 0.29) is 5.78 Å². The number of rotatable bonds is 5. The summed E-state index contributed by atoms with van der Waals surface area (Å²) < 4.78 is 0. The van der Waals surface area contributed by atoms with Gasteiger partial charge in [-0.25, -0.2) is 0 Å². The summed E-state index contributed by atoms with van der Waals surface area (Å²) in [5.74, 6) is 0.630. The maximum atomic E-state index is 11.4. The zero-order chi connectivity index (χ0) is 12.1. The van der Waals surface area contributed by atoms with E-state index in [1.807, 2.05) is 31.2 Å². The van der Waals surface area contributed by atoms with Gasteiger partial charge in [0.25, 0.3) is 0 Å². The van der Waals surface area contributed by atoms with E-state index in [9.17, 15) is 4.79 Å². The Morgan fingerprint density at radius 1 is 1.25 bits per heavy atom. The van der Waals surface area contributed by atoms with Crippen LogP contribution in [0.1, 0.15) is 43.1 Å². The van der Waals surface area contributed by atoms with Crippen molar-refractivity contribution in [2.45, 2.75) is 33.6 Å². The Morgan fingerprint density at radius 2 is 1.81 bits per heavy atom. The van der Waals surface area contributed by atoms with Crippen LogP contribution in [0.15, 0.2) is 24.3 Å². The molecule has 1 nitrogen and oxygen atoms in total. The number of benzene rings is 1. The maximum Gasteiger partial charge on any atom is 0.162 e. The van der Waals surface area contributed by atoms with Crippen LogP contribution in [0, 0.1) is 5.92 Å². The smallest absolute Gasteiger partial charge is 0.162 e. The van der Waals surface area contributed by atoms with Crippen molar-refractivity contribution in [2.24, 2.45) is 5.92 Å². The number of carbonyl (C=O) groups is 1. The number of carbonyl (C=O) groups excluding carboxylic acids is 1. The lowest BCUT2D eigenvalue weighted by Gasteiger charge is -2.07. The number of Topliss-reactive ketones (excluding diaryl/α,β-unsaturated/α-hetero) is 1. The summed E-state index contributed by atoms with van der Waals surface area (Å²) in [4.78, 5) is 12.5. The minimum atomic E-state index is 0.193. The normalized spacial score (nSPS) is 10.5. The molecule has 0 aliphatic heterocycles. The molecule has 0 aliphatic rings. The molecule has 0 spiro atoms. The molecule has 0 N–H and O–H groups in total. The Hall–Kier alpha value is -1.02. The minimum absolute atomic E-state index is 0.193. The molecule has 0 saturated carbocycles. The molecule has 1 rings (SSSR count). The molecule has 16 heavy (non-hydrogen) atoms. The summed E-state index contributed by atoms with van der Waals surface area (Å²) >= 11 is 5.30. The molecule has 0 saturated heterocycles. The van der Waals surface area contributed by atoms with Crippen molar-refractivity contribution in [2.75, 3.05) is 0 Å². The molecule has 1 aromatic rings. The Balaban J connectivity index is 2.72. The number of thiocarbonyl (C=S) groups is 1. The second-order valence-corrected chi connectivity index (χ2v) is 4.80. The van der Waals surface area contributed by atoms with Gasteiger partial charge >= 0.3 is 0 Å². The van der Waals surface area contributed by atoms with Crippen LogP contribution in [0.3, 0.4) is 0 Å². The fraction of sp³-hybridized carbons (Fsp3) is 0.429. The van der Waals surface area contributed by atoms with Gasteiger partial charge in [0.1, 0.15) is 0 Å². The van der Waals surface area contributed by atoms with Gasteiger partial charge in [-0.1, -0.05) is 57.3 Å². The van der Waals surface area contributed by atoms with Crippen molar-refractivity contribution >= 4 is 22.9 Å². The van der Waals surface area contributed by atoms with E-state index >= 15 is 0 Å². The Kier molecular flexibility index (Phi) is 4.81. The van der Waals surface area contributed by atoms with Crippen molar-refractivity contribution < 1.29 is 4.79 Å². The zero-order valence-corrected chi connectivity index (χ0v) is 10.9. The standard InChI is InChI=1S/C14H18OS/c1-4-13(15)12-7-5-11(6-8-12)9-14(16)10(2)3/h5-8,10H,4,9H2,1-3H3. The summed E-state index contributed by atoms with van der Waals surface area (Å²) in [5.41, 5.74) is 1.98. The molecule has 0 aliphatic carbocycles. The van der Waals surface area contributed by atoms with Gasteiger partial charge in [0, 0.05) is 18.4 Å². The number of hydrogen-bond acceptors (Lipinski definition) is 2. The predicted octanol–water partition coefficient (Wildman–Crippen LogP) is 3.85. The lowest BCUT2D eigenvalue weighted by atomic mass is 10.00. The van der Waals surface area contributed by atoms with Crippen LogP contribution < -0.4 is 0 Å². The third kappa shape index (κ3) is 3.53. The summed E-state index contributed by atoms with van der Waals surface area (Å²) in [6.07, 6.45) is 1.39. The third-order valence-corrected chi connectivity index (χ3v) is 3.24. The van der Waals surface area contributed by atoms with E-state index in [0.717, 1.165) is 16.8 Å². The van der Waals surface area contributed by atoms with Crippen molar-refractivity contribution in [3.63, 3.8) is 0 Å². The summed E-state index contributed by atoms with van der Waals surface area (Å²) in [7, 11) is 0. The van der Waals surface area contributed by atoms with Crippen molar-refractivity contribution in [3.8, 4) is 0 Å². The first-order valence-electron chi connectivity index (χ1n) is 5.69. The van der Waals surface area contributed by atoms with E-state index in [0.29, 0.717) is 12.3 Å². The number of ketones is 1. The average Bonchev–Trinajstić information content (AvgIpc) is 2.28. The Bertz CT molecular complexity index is 376. The lowest BCUT2D eigenvalue weighted by Crippen LogP contribution is -2.07. The molecule has 0 fully saturated rings. The predicted molar refractivity (Wildman–Crippen MR) is 72.2 cm³/mol. The van der Waals surface area contributed by atoms with Crippen LogP contribution in [-0.4, -0.2) is 10.6 Å².